The van der Waals surface area contributed by atoms with Gasteiger partial charge in [0.25, 0.3) is 5.91 Å². The van der Waals surface area contributed by atoms with Crippen LogP contribution in [0.15, 0.2) is 18.2 Å². The second-order valence-corrected chi connectivity index (χ2v) is 3.91. The summed E-state index contributed by atoms with van der Waals surface area (Å²) in [6, 6.07) is 3.03. The Hall–Kier alpha value is -1.16. The van der Waals surface area contributed by atoms with Gasteiger partial charge in [0.15, 0.2) is 11.6 Å². The quantitative estimate of drug-likeness (QED) is 0.814. The summed E-state index contributed by atoms with van der Waals surface area (Å²) in [4.78, 5) is 11.5. The molecule has 1 aromatic carbocycles. The topological polar surface area (TPSA) is 29.1 Å². The van der Waals surface area contributed by atoms with Gasteiger partial charge in [0, 0.05) is 18.0 Å². The molecule has 1 unspecified atom stereocenters. The van der Waals surface area contributed by atoms with E-state index in [-0.39, 0.29) is 11.5 Å². The normalized spacial score (nSPS) is 12.2. The fraction of sp³-hybridized carbons (Fsp3) is 0.364. The molecule has 0 heterocycles. The van der Waals surface area contributed by atoms with Crippen molar-refractivity contribution in [3.63, 3.8) is 0 Å². The van der Waals surface area contributed by atoms with E-state index in [1.165, 1.54) is 6.07 Å². The van der Waals surface area contributed by atoms with Gasteiger partial charge in [-0.2, -0.15) is 0 Å². The minimum atomic E-state index is -1.03. The average Bonchev–Trinajstić information content (AvgIpc) is 2.29. The van der Waals surface area contributed by atoms with E-state index in [0.29, 0.717) is 12.4 Å². The molecule has 16 heavy (non-hydrogen) atoms. The van der Waals surface area contributed by atoms with Crippen molar-refractivity contribution in [2.45, 2.75) is 6.92 Å². The lowest BCUT2D eigenvalue weighted by atomic mass is 10.2. The van der Waals surface area contributed by atoms with Gasteiger partial charge < -0.3 is 5.32 Å². The Bertz CT molecular complexity index is 384. The van der Waals surface area contributed by atoms with Crippen LogP contribution in [0.1, 0.15) is 17.3 Å². The first-order valence-electron chi connectivity index (χ1n) is 4.83. The van der Waals surface area contributed by atoms with E-state index < -0.39 is 17.5 Å². The highest BCUT2D eigenvalue weighted by molar-refractivity contribution is 6.18. The van der Waals surface area contributed by atoms with Gasteiger partial charge >= 0.3 is 0 Å². The van der Waals surface area contributed by atoms with Crippen LogP contribution in [0.4, 0.5) is 8.78 Å². The van der Waals surface area contributed by atoms with Gasteiger partial charge in [-0.05, 0) is 24.1 Å². The molecule has 0 aliphatic carbocycles. The molecule has 0 aromatic heterocycles. The third-order valence-electron chi connectivity index (χ3n) is 2.06. The number of carbonyl (C=O) groups is 1. The van der Waals surface area contributed by atoms with Gasteiger partial charge in [0.1, 0.15) is 0 Å². The largest absolute Gasteiger partial charge is 0.352 e. The van der Waals surface area contributed by atoms with Crippen molar-refractivity contribution in [1.29, 1.82) is 0 Å². The molecule has 1 atom stereocenters. The number of hydrogen-bond acceptors (Lipinski definition) is 1. The molecule has 0 saturated heterocycles. The molecule has 1 aromatic rings. The monoisotopic (exact) mass is 247 g/mol. The van der Waals surface area contributed by atoms with Gasteiger partial charge in [0.2, 0.25) is 0 Å². The Balaban J connectivity index is 2.63. The zero-order chi connectivity index (χ0) is 12.1. The Morgan fingerprint density at radius 2 is 2.12 bits per heavy atom. The standard InChI is InChI=1S/C11H12ClF2NO/c1-7(5-12)6-15-11(16)8-2-3-9(13)10(14)4-8/h2-4,7H,5-6H2,1H3,(H,15,16). The highest BCUT2D eigenvalue weighted by Crippen LogP contribution is 2.08. The van der Waals surface area contributed by atoms with Crippen LogP contribution in [0.25, 0.3) is 0 Å². The molecule has 0 aliphatic rings. The minimum absolute atomic E-state index is 0.0978. The summed E-state index contributed by atoms with van der Waals surface area (Å²) in [7, 11) is 0. The van der Waals surface area contributed by atoms with E-state index in [1.54, 1.807) is 0 Å². The van der Waals surface area contributed by atoms with Crippen LogP contribution in [0.2, 0.25) is 0 Å². The zero-order valence-corrected chi connectivity index (χ0v) is 9.52. The van der Waals surface area contributed by atoms with Crippen LogP contribution in [0.5, 0.6) is 0 Å². The van der Waals surface area contributed by atoms with Gasteiger partial charge in [0.05, 0.1) is 0 Å². The number of nitrogens with one attached hydrogen (secondary N) is 1. The Morgan fingerprint density at radius 1 is 1.44 bits per heavy atom. The maximum Gasteiger partial charge on any atom is 0.251 e. The second-order valence-electron chi connectivity index (χ2n) is 3.60. The summed E-state index contributed by atoms with van der Waals surface area (Å²) in [6.07, 6.45) is 0. The number of halogens is 3. The summed E-state index contributed by atoms with van der Waals surface area (Å²) < 4.78 is 25.4. The maximum atomic E-state index is 12.8. The van der Waals surface area contributed by atoms with E-state index in [2.05, 4.69) is 5.32 Å². The molecule has 88 valence electrons. The number of amides is 1. The zero-order valence-electron chi connectivity index (χ0n) is 8.77. The molecule has 2 nitrogen and oxygen atoms in total. The van der Waals surface area contributed by atoms with E-state index in [0.717, 1.165) is 12.1 Å². The van der Waals surface area contributed by atoms with Crippen molar-refractivity contribution in [1.82, 2.24) is 5.32 Å². The molecule has 0 saturated carbocycles. The fourth-order valence-electron chi connectivity index (χ4n) is 1.06. The SMILES string of the molecule is CC(CCl)CNC(=O)c1ccc(F)c(F)c1. The molecular formula is C11H12ClF2NO. The molecule has 0 fully saturated rings. The van der Waals surface area contributed by atoms with Crippen LogP contribution < -0.4 is 5.32 Å². The van der Waals surface area contributed by atoms with Crippen molar-refractivity contribution >= 4 is 17.5 Å². The van der Waals surface area contributed by atoms with Crippen molar-refractivity contribution in [2.24, 2.45) is 5.92 Å². The van der Waals surface area contributed by atoms with Crippen LogP contribution in [-0.4, -0.2) is 18.3 Å². The third-order valence-corrected chi connectivity index (χ3v) is 2.58. The molecule has 1 amide bonds. The van der Waals surface area contributed by atoms with E-state index in [1.807, 2.05) is 6.92 Å². The van der Waals surface area contributed by atoms with E-state index in [4.69, 9.17) is 11.6 Å². The smallest absolute Gasteiger partial charge is 0.251 e. The predicted octanol–water partition coefficient (Wildman–Crippen LogP) is 2.57. The van der Waals surface area contributed by atoms with Gasteiger partial charge in [-0.15, -0.1) is 11.6 Å². The van der Waals surface area contributed by atoms with Crippen LogP contribution in [0, 0.1) is 17.6 Å². The van der Waals surface area contributed by atoms with Gasteiger partial charge in [-0.3, -0.25) is 4.79 Å². The molecule has 0 bridgehead atoms. The highest BCUT2D eigenvalue weighted by Gasteiger charge is 2.10. The first-order chi connectivity index (χ1) is 7.54. The molecule has 0 radical (unpaired) electrons. The van der Waals surface area contributed by atoms with Crippen molar-refractivity contribution in [3.8, 4) is 0 Å². The number of rotatable bonds is 4. The number of carbonyl (C=O) groups excluding carboxylic acids is 1. The second kappa shape index (κ2) is 5.80. The lowest BCUT2D eigenvalue weighted by molar-refractivity contribution is 0.0948. The lowest BCUT2D eigenvalue weighted by Crippen LogP contribution is -2.28. The molecule has 0 spiro atoms. The predicted molar refractivity (Wildman–Crippen MR) is 58.6 cm³/mol. The highest BCUT2D eigenvalue weighted by atomic mass is 35.5. The molecule has 1 N–H and O–H groups in total. The van der Waals surface area contributed by atoms with Crippen LogP contribution >= 0.6 is 11.6 Å². The van der Waals surface area contributed by atoms with Gasteiger partial charge in [-0.1, -0.05) is 6.92 Å². The Labute approximate surface area is 97.6 Å². The van der Waals surface area contributed by atoms with Crippen molar-refractivity contribution in [2.75, 3.05) is 12.4 Å². The summed E-state index contributed by atoms with van der Waals surface area (Å²) in [6.45, 7) is 2.28. The van der Waals surface area contributed by atoms with E-state index >= 15 is 0 Å². The molecular weight excluding hydrogens is 236 g/mol. The summed E-state index contributed by atoms with van der Waals surface area (Å²) >= 11 is 5.57. The van der Waals surface area contributed by atoms with Crippen LogP contribution in [0.3, 0.4) is 0 Å². The fourth-order valence-corrected chi connectivity index (χ4v) is 1.17. The van der Waals surface area contributed by atoms with Crippen molar-refractivity contribution in [3.05, 3.63) is 35.4 Å². The Morgan fingerprint density at radius 3 is 2.69 bits per heavy atom. The third kappa shape index (κ3) is 3.45. The number of benzene rings is 1. The molecule has 5 heteroatoms. The summed E-state index contributed by atoms with van der Waals surface area (Å²) in [5.41, 5.74) is 0.0978. The van der Waals surface area contributed by atoms with Crippen molar-refractivity contribution < 1.29 is 13.6 Å². The number of hydrogen-bond donors (Lipinski definition) is 1. The van der Waals surface area contributed by atoms with Crippen LogP contribution in [-0.2, 0) is 0 Å². The summed E-state index contributed by atoms with van der Waals surface area (Å²) in [5, 5.41) is 2.58. The lowest BCUT2D eigenvalue weighted by Gasteiger charge is -2.09. The Kier molecular flexibility index (Phi) is 4.68. The maximum absolute atomic E-state index is 12.8. The first kappa shape index (κ1) is 12.9. The molecule has 0 aliphatic heterocycles. The average molecular weight is 248 g/mol. The number of alkyl halides is 1. The minimum Gasteiger partial charge on any atom is -0.352 e. The summed E-state index contributed by atoms with van der Waals surface area (Å²) in [5.74, 6) is -1.87. The van der Waals surface area contributed by atoms with Gasteiger partial charge in [-0.25, -0.2) is 8.78 Å². The van der Waals surface area contributed by atoms with E-state index in [9.17, 15) is 13.6 Å². The molecule has 1 rings (SSSR count). The first-order valence-corrected chi connectivity index (χ1v) is 5.37.